The molecule has 0 spiro atoms. The van der Waals surface area contributed by atoms with E-state index in [0.29, 0.717) is 0 Å². The zero-order valence-electron chi connectivity index (χ0n) is 16.2. The molecule has 0 saturated heterocycles. The first-order chi connectivity index (χ1) is 14.3. The Hall–Kier alpha value is -3.26. The number of rotatable bonds is 0. The fourth-order valence-electron chi connectivity index (χ4n) is 4.42. The molecule has 29 heavy (non-hydrogen) atoms. The predicted octanol–water partition coefficient (Wildman–Crippen LogP) is 7.25. The molecular formula is C27H22FN. The number of aryl methyl sites for hydroxylation is 2. The molecule has 142 valence electrons. The van der Waals surface area contributed by atoms with Crippen molar-refractivity contribution in [1.29, 1.82) is 0 Å². The highest BCUT2D eigenvalue weighted by Crippen LogP contribution is 2.33. The summed E-state index contributed by atoms with van der Waals surface area (Å²) < 4.78 is 13.9. The zero-order valence-corrected chi connectivity index (χ0v) is 16.2. The third kappa shape index (κ3) is 3.36. The summed E-state index contributed by atoms with van der Waals surface area (Å²) in [4.78, 5) is 4.01. The van der Waals surface area contributed by atoms with Crippen LogP contribution in [0.1, 0.15) is 24.0 Å². The Kier molecular flexibility index (Phi) is 4.69. The first-order valence-electron chi connectivity index (χ1n) is 10.2. The second kappa shape index (κ2) is 7.63. The van der Waals surface area contributed by atoms with Gasteiger partial charge >= 0.3 is 0 Å². The molecular weight excluding hydrogens is 357 g/mol. The minimum atomic E-state index is -0.128. The van der Waals surface area contributed by atoms with E-state index in [9.17, 15) is 4.39 Å². The number of hydrogen-bond acceptors (Lipinski definition) is 1. The highest BCUT2D eigenvalue weighted by molar-refractivity contribution is 6.09. The van der Waals surface area contributed by atoms with Crippen LogP contribution in [-0.4, -0.2) is 4.98 Å². The number of aromatic nitrogens is 1. The van der Waals surface area contributed by atoms with E-state index in [2.05, 4.69) is 35.3 Å². The Bertz CT molecular complexity index is 1260. The van der Waals surface area contributed by atoms with Gasteiger partial charge in [-0.25, -0.2) is 4.39 Å². The average Bonchev–Trinajstić information content (AvgIpc) is 2.79. The van der Waals surface area contributed by atoms with E-state index < -0.39 is 0 Å². The molecule has 0 atom stereocenters. The fraction of sp³-hybridized carbons (Fsp3) is 0.148. The first-order valence-corrected chi connectivity index (χ1v) is 10.2. The van der Waals surface area contributed by atoms with Crippen molar-refractivity contribution in [1.82, 2.24) is 4.98 Å². The molecule has 0 bridgehead atoms. The first kappa shape index (κ1) is 17.8. The maximum Gasteiger partial charge on any atom is 0.131 e. The van der Waals surface area contributed by atoms with Gasteiger partial charge in [0.05, 0.1) is 0 Å². The smallest absolute Gasteiger partial charge is 0.131 e. The Morgan fingerprint density at radius 3 is 2.28 bits per heavy atom. The highest BCUT2D eigenvalue weighted by atomic mass is 19.1. The Balaban J connectivity index is 0.000000153. The van der Waals surface area contributed by atoms with Gasteiger partial charge in [-0.2, -0.15) is 0 Å². The Morgan fingerprint density at radius 1 is 0.621 bits per heavy atom. The molecule has 0 radical (unpaired) electrons. The van der Waals surface area contributed by atoms with Crippen LogP contribution in [-0.2, 0) is 12.8 Å². The van der Waals surface area contributed by atoms with E-state index in [0.717, 1.165) is 17.2 Å². The average molecular weight is 379 g/mol. The highest BCUT2D eigenvalue weighted by Gasteiger charge is 2.14. The van der Waals surface area contributed by atoms with Crippen LogP contribution in [0.2, 0.25) is 0 Å². The number of nitrogens with zero attached hydrogens (tertiary/aromatic N) is 1. The molecule has 0 N–H and O–H groups in total. The lowest BCUT2D eigenvalue weighted by atomic mass is 9.86. The van der Waals surface area contributed by atoms with Gasteiger partial charge in [0.2, 0.25) is 0 Å². The summed E-state index contributed by atoms with van der Waals surface area (Å²) in [6.07, 6.45) is 8.59. The molecule has 0 unspecified atom stereocenters. The summed E-state index contributed by atoms with van der Waals surface area (Å²) in [6, 6.07) is 24.0. The molecule has 1 aliphatic carbocycles. The standard InChI is InChI=1S/C18H15F.C9H7N/c19-18-7-3-6-14-16-9-8-12-4-1-2-5-13(12)15(16)10-11-17(14)18;1-2-4-9-7-10-6-5-8(9)3-1/h3,6-11H,1-2,4-5H2;1-7H. The van der Waals surface area contributed by atoms with Crippen molar-refractivity contribution >= 4 is 32.3 Å². The lowest BCUT2D eigenvalue weighted by molar-refractivity contribution is 0.640. The van der Waals surface area contributed by atoms with Crippen LogP contribution in [0.4, 0.5) is 4.39 Å². The van der Waals surface area contributed by atoms with Gasteiger partial charge in [-0.05, 0) is 75.9 Å². The van der Waals surface area contributed by atoms with Gasteiger partial charge in [-0.3, -0.25) is 4.98 Å². The minimum absolute atomic E-state index is 0.128. The molecule has 6 rings (SSSR count). The summed E-state index contributed by atoms with van der Waals surface area (Å²) >= 11 is 0. The van der Waals surface area contributed by atoms with Crippen molar-refractivity contribution in [3.05, 3.63) is 102 Å². The number of benzene rings is 4. The van der Waals surface area contributed by atoms with E-state index in [1.165, 1.54) is 58.0 Å². The molecule has 0 fully saturated rings. The fourth-order valence-corrected chi connectivity index (χ4v) is 4.42. The van der Waals surface area contributed by atoms with Crippen molar-refractivity contribution < 1.29 is 4.39 Å². The van der Waals surface area contributed by atoms with Crippen LogP contribution in [0.5, 0.6) is 0 Å². The predicted molar refractivity (Wildman–Crippen MR) is 120 cm³/mol. The normalized spacial score (nSPS) is 13.1. The van der Waals surface area contributed by atoms with E-state index in [-0.39, 0.29) is 5.82 Å². The van der Waals surface area contributed by atoms with Crippen LogP contribution in [0.25, 0.3) is 32.3 Å². The molecule has 1 aliphatic rings. The summed E-state index contributed by atoms with van der Waals surface area (Å²) in [7, 11) is 0. The largest absolute Gasteiger partial charge is 0.264 e. The SMILES string of the molecule is Fc1cccc2c1ccc1c3c(ccc12)CCCC3.c1ccc2cnccc2c1. The second-order valence-corrected chi connectivity index (χ2v) is 7.63. The van der Waals surface area contributed by atoms with Gasteiger partial charge < -0.3 is 0 Å². The van der Waals surface area contributed by atoms with Crippen molar-refractivity contribution in [3.63, 3.8) is 0 Å². The number of fused-ring (bicyclic) bond motifs is 6. The quantitative estimate of drug-likeness (QED) is 0.258. The van der Waals surface area contributed by atoms with Crippen LogP contribution in [0, 0.1) is 5.82 Å². The topological polar surface area (TPSA) is 12.9 Å². The summed E-state index contributed by atoms with van der Waals surface area (Å²) in [5, 5.41) is 6.71. The summed E-state index contributed by atoms with van der Waals surface area (Å²) in [5.41, 5.74) is 2.96. The Morgan fingerprint density at radius 2 is 1.38 bits per heavy atom. The molecule has 0 amide bonds. The van der Waals surface area contributed by atoms with Gasteiger partial charge in [-0.15, -0.1) is 0 Å². The van der Waals surface area contributed by atoms with Gasteiger partial charge in [0.25, 0.3) is 0 Å². The maximum absolute atomic E-state index is 13.9. The van der Waals surface area contributed by atoms with Gasteiger partial charge in [-0.1, -0.05) is 60.7 Å². The number of hydrogen-bond donors (Lipinski definition) is 0. The summed E-state index contributed by atoms with van der Waals surface area (Å²) in [5.74, 6) is -0.128. The van der Waals surface area contributed by atoms with Gasteiger partial charge in [0, 0.05) is 17.8 Å². The van der Waals surface area contributed by atoms with Gasteiger partial charge in [0.1, 0.15) is 5.82 Å². The molecule has 5 aromatic rings. The van der Waals surface area contributed by atoms with E-state index in [4.69, 9.17) is 0 Å². The summed E-state index contributed by atoms with van der Waals surface area (Å²) in [6.45, 7) is 0. The number of pyridine rings is 1. The molecule has 1 heterocycles. The van der Waals surface area contributed by atoms with Crippen LogP contribution < -0.4 is 0 Å². The third-order valence-corrected chi connectivity index (χ3v) is 5.89. The number of halogens is 1. The van der Waals surface area contributed by atoms with E-state index in [1.807, 2.05) is 42.7 Å². The molecule has 1 nitrogen and oxygen atoms in total. The van der Waals surface area contributed by atoms with Crippen molar-refractivity contribution in [3.8, 4) is 0 Å². The van der Waals surface area contributed by atoms with Crippen LogP contribution in [0.3, 0.4) is 0 Å². The molecule has 4 aromatic carbocycles. The lowest BCUT2D eigenvalue weighted by Crippen LogP contribution is -2.03. The molecule has 1 aromatic heterocycles. The third-order valence-electron chi connectivity index (χ3n) is 5.89. The van der Waals surface area contributed by atoms with Crippen molar-refractivity contribution in [2.24, 2.45) is 0 Å². The van der Waals surface area contributed by atoms with Crippen LogP contribution in [0.15, 0.2) is 85.2 Å². The zero-order chi connectivity index (χ0) is 19.6. The second-order valence-electron chi connectivity index (χ2n) is 7.63. The minimum Gasteiger partial charge on any atom is -0.264 e. The van der Waals surface area contributed by atoms with Crippen molar-refractivity contribution in [2.75, 3.05) is 0 Å². The molecule has 0 aliphatic heterocycles. The van der Waals surface area contributed by atoms with Crippen molar-refractivity contribution in [2.45, 2.75) is 25.7 Å². The van der Waals surface area contributed by atoms with Gasteiger partial charge in [0.15, 0.2) is 0 Å². The monoisotopic (exact) mass is 379 g/mol. The lowest BCUT2D eigenvalue weighted by Gasteiger charge is -2.18. The maximum atomic E-state index is 13.9. The molecule has 0 saturated carbocycles. The molecule has 2 heteroatoms. The van der Waals surface area contributed by atoms with Crippen LogP contribution >= 0.6 is 0 Å². The Labute approximate surface area is 169 Å². The van der Waals surface area contributed by atoms with E-state index in [1.54, 1.807) is 6.07 Å². The van der Waals surface area contributed by atoms with E-state index >= 15 is 0 Å².